The highest BCUT2D eigenvalue weighted by atomic mass is 16.1. The number of aryl methyl sites for hydroxylation is 1. The quantitative estimate of drug-likeness (QED) is 0.899. The second kappa shape index (κ2) is 5.33. The van der Waals surface area contributed by atoms with Crippen LogP contribution >= 0.6 is 0 Å². The molecular formula is C16H17N3O. The molecule has 2 aromatic rings. The van der Waals surface area contributed by atoms with E-state index in [9.17, 15) is 4.79 Å². The second-order valence-corrected chi connectivity index (χ2v) is 5.05. The molecule has 4 nitrogen and oxygen atoms in total. The van der Waals surface area contributed by atoms with Gasteiger partial charge in [0.15, 0.2) is 0 Å². The van der Waals surface area contributed by atoms with Crippen LogP contribution in [0.5, 0.6) is 0 Å². The number of carbonyl (C=O) groups excluding carboxylic acids is 1. The Morgan fingerprint density at radius 2 is 2.20 bits per heavy atom. The van der Waals surface area contributed by atoms with E-state index in [4.69, 9.17) is 0 Å². The summed E-state index contributed by atoms with van der Waals surface area (Å²) in [6.07, 6.45) is 2.21. The first kappa shape index (κ1) is 12.7. The Morgan fingerprint density at radius 3 is 3.05 bits per heavy atom. The maximum absolute atomic E-state index is 12.2. The Kier molecular flexibility index (Phi) is 3.37. The van der Waals surface area contributed by atoms with Gasteiger partial charge in [-0.05, 0) is 30.7 Å². The molecule has 0 aliphatic carbocycles. The number of para-hydroxylation sites is 1. The SMILES string of the molecule is Cc1ncccc1NC(=O)CC1CNc2ccccc21. The number of amides is 1. The van der Waals surface area contributed by atoms with Crippen molar-refractivity contribution in [1.82, 2.24) is 4.98 Å². The topological polar surface area (TPSA) is 54.0 Å². The Bertz CT molecular complexity index is 639. The summed E-state index contributed by atoms with van der Waals surface area (Å²) in [6.45, 7) is 2.71. The van der Waals surface area contributed by atoms with Crippen LogP contribution < -0.4 is 10.6 Å². The van der Waals surface area contributed by atoms with Gasteiger partial charge in [-0.25, -0.2) is 0 Å². The zero-order valence-electron chi connectivity index (χ0n) is 11.4. The molecule has 4 heteroatoms. The van der Waals surface area contributed by atoms with Crippen LogP contribution in [0.2, 0.25) is 0 Å². The lowest BCUT2D eigenvalue weighted by atomic mass is 9.97. The number of hydrogen-bond acceptors (Lipinski definition) is 3. The van der Waals surface area contributed by atoms with Crippen LogP contribution in [-0.2, 0) is 4.79 Å². The van der Waals surface area contributed by atoms with Crippen LogP contribution in [0.1, 0.15) is 23.6 Å². The van der Waals surface area contributed by atoms with Crippen LogP contribution in [0.4, 0.5) is 11.4 Å². The van der Waals surface area contributed by atoms with Gasteiger partial charge in [0, 0.05) is 30.8 Å². The normalized spacial score (nSPS) is 16.4. The molecule has 0 bridgehead atoms. The Labute approximate surface area is 118 Å². The molecule has 1 aliphatic heterocycles. The lowest BCUT2D eigenvalue weighted by Gasteiger charge is -2.11. The van der Waals surface area contributed by atoms with Crippen molar-refractivity contribution in [3.8, 4) is 0 Å². The average Bonchev–Trinajstić information content (AvgIpc) is 2.85. The third kappa shape index (κ3) is 2.50. The van der Waals surface area contributed by atoms with E-state index in [1.807, 2.05) is 31.2 Å². The van der Waals surface area contributed by atoms with Gasteiger partial charge >= 0.3 is 0 Å². The molecule has 1 aromatic heterocycles. The molecular weight excluding hydrogens is 250 g/mol. The summed E-state index contributed by atoms with van der Waals surface area (Å²) in [6, 6.07) is 11.9. The van der Waals surface area contributed by atoms with Crippen molar-refractivity contribution in [2.75, 3.05) is 17.2 Å². The summed E-state index contributed by atoms with van der Waals surface area (Å²) in [4.78, 5) is 16.3. The first-order valence-corrected chi connectivity index (χ1v) is 6.78. The standard InChI is InChI=1S/C16H17N3O/c1-11-14(7-4-8-17-11)19-16(20)9-12-10-18-15-6-3-2-5-13(12)15/h2-8,12,18H,9-10H2,1H3,(H,19,20). The number of benzene rings is 1. The fraction of sp³-hybridized carbons (Fsp3) is 0.250. The van der Waals surface area contributed by atoms with E-state index in [-0.39, 0.29) is 11.8 Å². The third-order valence-corrected chi connectivity index (χ3v) is 3.65. The summed E-state index contributed by atoms with van der Waals surface area (Å²) in [7, 11) is 0. The second-order valence-electron chi connectivity index (χ2n) is 5.05. The van der Waals surface area contributed by atoms with Crippen LogP contribution in [-0.4, -0.2) is 17.4 Å². The van der Waals surface area contributed by atoms with Crippen molar-refractivity contribution in [3.05, 3.63) is 53.9 Å². The minimum atomic E-state index is 0.0320. The molecule has 1 aromatic carbocycles. The monoisotopic (exact) mass is 267 g/mol. The lowest BCUT2D eigenvalue weighted by Crippen LogP contribution is -2.17. The average molecular weight is 267 g/mol. The molecule has 1 aliphatic rings. The molecule has 0 spiro atoms. The van der Waals surface area contributed by atoms with Crippen LogP contribution in [0.3, 0.4) is 0 Å². The molecule has 3 rings (SSSR count). The Morgan fingerprint density at radius 1 is 1.35 bits per heavy atom. The zero-order chi connectivity index (χ0) is 13.9. The van der Waals surface area contributed by atoms with Gasteiger partial charge in [0.05, 0.1) is 11.4 Å². The third-order valence-electron chi connectivity index (χ3n) is 3.65. The first-order valence-electron chi connectivity index (χ1n) is 6.78. The number of aromatic nitrogens is 1. The van der Waals surface area contributed by atoms with Crippen LogP contribution in [0, 0.1) is 6.92 Å². The summed E-state index contributed by atoms with van der Waals surface area (Å²) in [5, 5.41) is 6.28. The largest absolute Gasteiger partial charge is 0.384 e. The van der Waals surface area contributed by atoms with Gasteiger partial charge in [0.25, 0.3) is 0 Å². The van der Waals surface area contributed by atoms with E-state index in [1.54, 1.807) is 6.20 Å². The minimum Gasteiger partial charge on any atom is -0.384 e. The predicted molar refractivity (Wildman–Crippen MR) is 79.9 cm³/mol. The molecule has 2 N–H and O–H groups in total. The first-order chi connectivity index (χ1) is 9.74. The van der Waals surface area contributed by atoms with Crippen molar-refractivity contribution >= 4 is 17.3 Å². The maximum Gasteiger partial charge on any atom is 0.225 e. The smallest absolute Gasteiger partial charge is 0.225 e. The molecule has 20 heavy (non-hydrogen) atoms. The summed E-state index contributed by atoms with van der Waals surface area (Å²) < 4.78 is 0. The number of carbonyl (C=O) groups is 1. The maximum atomic E-state index is 12.2. The number of pyridine rings is 1. The molecule has 0 radical (unpaired) electrons. The van der Waals surface area contributed by atoms with E-state index >= 15 is 0 Å². The van der Waals surface area contributed by atoms with Gasteiger partial charge in [0.1, 0.15) is 0 Å². The molecule has 2 heterocycles. The number of nitrogens with zero attached hydrogens (tertiary/aromatic N) is 1. The van der Waals surface area contributed by atoms with Gasteiger partial charge in [-0.15, -0.1) is 0 Å². The number of hydrogen-bond donors (Lipinski definition) is 2. The summed E-state index contributed by atoms with van der Waals surface area (Å²) in [5.41, 5.74) is 4.00. The minimum absolute atomic E-state index is 0.0320. The van der Waals surface area contributed by atoms with Gasteiger partial charge < -0.3 is 10.6 Å². The van der Waals surface area contributed by atoms with E-state index in [2.05, 4.69) is 27.8 Å². The highest BCUT2D eigenvalue weighted by molar-refractivity contribution is 5.92. The van der Waals surface area contributed by atoms with Crippen molar-refractivity contribution < 1.29 is 4.79 Å². The molecule has 102 valence electrons. The van der Waals surface area contributed by atoms with Crippen molar-refractivity contribution in [3.63, 3.8) is 0 Å². The molecule has 1 atom stereocenters. The fourth-order valence-corrected chi connectivity index (χ4v) is 2.58. The number of rotatable bonds is 3. The Balaban J connectivity index is 1.68. The summed E-state index contributed by atoms with van der Waals surface area (Å²) >= 11 is 0. The van der Waals surface area contributed by atoms with E-state index in [1.165, 1.54) is 5.56 Å². The van der Waals surface area contributed by atoms with Crippen molar-refractivity contribution in [2.24, 2.45) is 0 Å². The predicted octanol–water partition coefficient (Wildman–Crippen LogP) is 2.93. The molecule has 0 saturated carbocycles. The summed E-state index contributed by atoms with van der Waals surface area (Å²) in [5.74, 6) is 0.271. The van der Waals surface area contributed by atoms with Gasteiger partial charge in [-0.2, -0.15) is 0 Å². The van der Waals surface area contributed by atoms with Gasteiger partial charge in [0.2, 0.25) is 5.91 Å². The lowest BCUT2D eigenvalue weighted by molar-refractivity contribution is -0.116. The van der Waals surface area contributed by atoms with E-state index < -0.39 is 0 Å². The van der Waals surface area contributed by atoms with Gasteiger partial charge in [-0.3, -0.25) is 9.78 Å². The van der Waals surface area contributed by atoms with E-state index in [0.717, 1.165) is 23.6 Å². The van der Waals surface area contributed by atoms with Crippen molar-refractivity contribution in [2.45, 2.75) is 19.3 Å². The number of fused-ring (bicyclic) bond motifs is 1. The molecule has 1 unspecified atom stereocenters. The van der Waals surface area contributed by atoms with Crippen LogP contribution in [0.25, 0.3) is 0 Å². The number of anilines is 2. The van der Waals surface area contributed by atoms with Crippen LogP contribution in [0.15, 0.2) is 42.6 Å². The molecule has 0 fully saturated rings. The Hall–Kier alpha value is -2.36. The highest BCUT2D eigenvalue weighted by Gasteiger charge is 2.24. The molecule has 1 amide bonds. The van der Waals surface area contributed by atoms with Gasteiger partial charge in [-0.1, -0.05) is 18.2 Å². The number of nitrogens with one attached hydrogen (secondary N) is 2. The zero-order valence-corrected chi connectivity index (χ0v) is 11.4. The van der Waals surface area contributed by atoms with Crippen molar-refractivity contribution in [1.29, 1.82) is 0 Å². The fourth-order valence-electron chi connectivity index (χ4n) is 2.58. The van der Waals surface area contributed by atoms with E-state index in [0.29, 0.717) is 6.42 Å². The highest BCUT2D eigenvalue weighted by Crippen LogP contribution is 2.33. The molecule has 0 saturated heterocycles.